The van der Waals surface area contributed by atoms with Crippen molar-refractivity contribution in [3.8, 4) is 17.0 Å². The molecule has 33 heavy (non-hydrogen) atoms. The molecule has 3 rings (SSSR count). The molecule has 0 unspecified atom stereocenters. The molecule has 174 valence electrons. The second kappa shape index (κ2) is 9.53. The van der Waals surface area contributed by atoms with E-state index in [2.05, 4.69) is 4.98 Å². The van der Waals surface area contributed by atoms with Gasteiger partial charge >= 0.3 is 0 Å². The van der Waals surface area contributed by atoms with Crippen molar-refractivity contribution in [3.05, 3.63) is 76.1 Å². The molecule has 0 saturated carbocycles. The lowest BCUT2D eigenvalue weighted by Crippen LogP contribution is -2.33. The summed E-state index contributed by atoms with van der Waals surface area (Å²) in [5.74, 6) is -1.09. The predicted molar refractivity (Wildman–Crippen MR) is 121 cm³/mol. The van der Waals surface area contributed by atoms with Gasteiger partial charge in [0.25, 0.3) is 10.0 Å². The molecular formula is C23H24FN3O5S. The van der Waals surface area contributed by atoms with Crippen LogP contribution >= 0.6 is 0 Å². The smallest absolute Gasteiger partial charge is 0.265 e. The van der Waals surface area contributed by atoms with E-state index in [1.54, 1.807) is 12.1 Å². The van der Waals surface area contributed by atoms with E-state index in [9.17, 15) is 22.4 Å². The zero-order chi connectivity index (χ0) is 24.3. The van der Waals surface area contributed by atoms with Gasteiger partial charge in [0.1, 0.15) is 10.7 Å². The molecule has 0 atom stereocenters. The summed E-state index contributed by atoms with van der Waals surface area (Å²) in [5, 5.41) is 0. The highest BCUT2D eigenvalue weighted by Crippen LogP contribution is 2.33. The average molecular weight is 474 g/mol. The van der Waals surface area contributed by atoms with Crippen LogP contribution in [0.5, 0.6) is 5.88 Å². The van der Waals surface area contributed by atoms with Gasteiger partial charge in [0.15, 0.2) is 0 Å². The maximum Gasteiger partial charge on any atom is 0.265 e. The lowest BCUT2D eigenvalue weighted by Gasteiger charge is -2.18. The zero-order valence-electron chi connectivity index (χ0n) is 18.6. The summed E-state index contributed by atoms with van der Waals surface area (Å²) in [6.07, 6.45) is 2.32. The molecule has 1 aromatic carbocycles. The number of halogens is 1. The fraction of sp³-hybridized carbons (Fsp3) is 0.261. The average Bonchev–Trinajstić information content (AvgIpc) is 2.75. The molecule has 8 nitrogen and oxygen atoms in total. The number of hydrogen-bond donors (Lipinski definition) is 1. The number of carbonyl (C=O) groups is 1. The van der Waals surface area contributed by atoms with E-state index in [0.717, 1.165) is 22.9 Å². The van der Waals surface area contributed by atoms with Crippen molar-refractivity contribution in [1.29, 1.82) is 0 Å². The van der Waals surface area contributed by atoms with Crippen LogP contribution in [0.1, 0.15) is 30.9 Å². The molecule has 1 N–H and O–H groups in total. The van der Waals surface area contributed by atoms with Crippen LogP contribution in [-0.4, -0.2) is 31.0 Å². The first-order valence-electron chi connectivity index (χ1n) is 10.1. The number of nitrogens with zero attached hydrogens (tertiary/aromatic N) is 2. The Morgan fingerprint density at radius 1 is 1.21 bits per heavy atom. The van der Waals surface area contributed by atoms with Gasteiger partial charge in [-0.3, -0.25) is 9.59 Å². The minimum Gasteiger partial charge on any atom is -0.481 e. The summed E-state index contributed by atoms with van der Waals surface area (Å²) >= 11 is 0. The molecular weight excluding hydrogens is 449 g/mol. The van der Waals surface area contributed by atoms with Crippen LogP contribution in [0.2, 0.25) is 0 Å². The topological polar surface area (TPSA) is 107 Å². The van der Waals surface area contributed by atoms with E-state index < -0.39 is 21.7 Å². The van der Waals surface area contributed by atoms with Gasteiger partial charge in [-0.2, -0.15) is 0 Å². The Balaban J connectivity index is 2.01. The maximum atomic E-state index is 14.5. The van der Waals surface area contributed by atoms with Crippen LogP contribution in [0.4, 0.5) is 4.39 Å². The highest BCUT2D eigenvalue weighted by molar-refractivity contribution is 7.90. The molecule has 2 heterocycles. The quantitative estimate of drug-likeness (QED) is 0.566. The largest absolute Gasteiger partial charge is 0.481 e. The highest BCUT2D eigenvalue weighted by atomic mass is 32.2. The first-order chi connectivity index (χ1) is 15.5. The van der Waals surface area contributed by atoms with Crippen molar-refractivity contribution >= 4 is 15.9 Å². The highest BCUT2D eigenvalue weighted by Gasteiger charge is 2.23. The van der Waals surface area contributed by atoms with Gasteiger partial charge in [-0.25, -0.2) is 22.5 Å². The van der Waals surface area contributed by atoms with E-state index in [1.165, 1.54) is 32.5 Å². The summed E-state index contributed by atoms with van der Waals surface area (Å²) < 4.78 is 48.1. The normalized spacial score (nSPS) is 11.5. The van der Waals surface area contributed by atoms with Gasteiger partial charge in [0.05, 0.1) is 13.5 Å². The zero-order valence-corrected chi connectivity index (χ0v) is 19.4. The van der Waals surface area contributed by atoms with Crippen molar-refractivity contribution in [3.63, 3.8) is 0 Å². The van der Waals surface area contributed by atoms with Crippen LogP contribution in [0.25, 0.3) is 11.1 Å². The maximum absolute atomic E-state index is 14.5. The molecule has 1 amide bonds. The van der Waals surface area contributed by atoms with Gasteiger partial charge in [0, 0.05) is 31.6 Å². The molecule has 0 spiro atoms. The van der Waals surface area contributed by atoms with E-state index >= 15 is 0 Å². The fourth-order valence-corrected chi connectivity index (χ4v) is 4.48. The predicted octanol–water partition coefficient (Wildman–Crippen LogP) is 2.77. The summed E-state index contributed by atoms with van der Waals surface area (Å²) in [5.41, 5.74) is 1.70. The molecule has 0 radical (unpaired) electrons. The second-order valence-corrected chi connectivity index (χ2v) is 9.46. The first kappa shape index (κ1) is 24.1. The summed E-state index contributed by atoms with van der Waals surface area (Å²) in [6, 6.07) is 8.14. The molecule has 0 bridgehead atoms. The van der Waals surface area contributed by atoms with Crippen LogP contribution in [0.15, 0.2) is 58.5 Å². The SMILES string of the molecule is COc1cc(-c2cc(F)cc(C(C)C)c2CC(=O)NS(=O)(=O)c2ccc(=O)n(C)c2)ccn1. The second-order valence-electron chi connectivity index (χ2n) is 7.78. The van der Waals surface area contributed by atoms with Crippen LogP contribution in [0.3, 0.4) is 0 Å². The number of ether oxygens (including phenoxy) is 1. The Bertz CT molecular complexity index is 1370. The Morgan fingerprint density at radius 3 is 2.58 bits per heavy atom. The lowest BCUT2D eigenvalue weighted by molar-refractivity contribution is -0.118. The molecule has 2 aromatic heterocycles. The van der Waals surface area contributed by atoms with Gasteiger partial charge < -0.3 is 9.30 Å². The standard InChI is InChI=1S/C23H24FN3O5S/c1-14(2)18-10-16(24)11-19(15-7-8-25-22(9-15)32-4)20(18)12-21(28)26-33(30,31)17-5-6-23(29)27(3)13-17/h5-11,13-14H,12H2,1-4H3,(H,26,28). The summed E-state index contributed by atoms with van der Waals surface area (Å²) in [7, 11) is -1.35. The van der Waals surface area contributed by atoms with Crippen LogP contribution in [-0.2, 0) is 28.3 Å². The number of aromatic nitrogens is 2. The summed E-state index contributed by atoms with van der Waals surface area (Å²) in [4.78, 5) is 28.2. The lowest BCUT2D eigenvalue weighted by atomic mass is 9.88. The monoisotopic (exact) mass is 473 g/mol. The van der Waals surface area contributed by atoms with E-state index in [1.807, 2.05) is 18.6 Å². The third-order valence-electron chi connectivity index (χ3n) is 5.08. The molecule has 0 saturated heterocycles. The Kier molecular flexibility index (Phi) is 6.97. The molecule has 0 fully saturated rings. The van der Waals surface area contributed by atoms with Crippen molar-refractivity contribution in [2.75, 3.05) is 7.11 Å². The molecule has 3 aromatic rings. The Morgan fingerprint density at radius 2 is 1.94 bits per heavy atom. The number of hydrogen-bond acceptors (Lipinski definition) is 6. The van der Waals surface area contributed by atoms with Gasteiger partial charge in [-0.15, -0.1) is 0 Å². The number of rotatable bonds is 7. The number of aryl methyl sites for hydroxylation is 1. The third kappa shape index (κ3) is 5.46. The number of methoxy groups -OCH3 is 1. The minimum atomic E-state index is -4.21. The summed E-state index contributed by atoms with van der Waals surface area (Å²) in [6.45, 7) is 3.71. The number of carbonyl (C=O) groups excluding carboxylic acids is 1. The number of pyridine rings is 2. The first-order valence-corrected chi connectivity index (χ1v) is 11.5. The van der Waals surface area contributed by atoms with Crippen molar-refractivity contribution in [2.24, 2.45) is 7.05 Å². The number of nitrogens with one attached hydrogen (secondary N) is 1. The fourth-order valence-electron chi connectivity index (χ4n) is 3.45. The number of benzene rings is 1. The van der Waals surface area contributed by atoms with Crippen LogP contribution < -0.4 is 15.0 Å². The van der Waals surface area contributed by atoms with Gasteiger partial charge in [-0.05, 0) is 52.4 Å². The number of amides is 1. The molecule has 10 heteroatoms. The minimum absolute atomic E-state index is 0.133. The van der Waals surface area contributed by atoms with E-state index in [0.29, 0.717) is 28.1 Å². The van der Waals surface area contributed by atoms with Crippen LogP contribution in [0, 0.1) is 5.82 Å². The third-order valence-corrected chi connectivity index (χ3v) is 6.44. The molecule has 0 aliphatic heterocycles. The number of sulfonamides is 1. The van der Waals surface area contributed by atoms with Gasteiger partial charge in [0.2, 0.25) is 17.3 Å². The van der Waals surface area contributed by atoms with Gasteiger partial charge in [-0.1, -0.05) is 13.8 Å². The van der Waals surface area contributed by atoms with E-state index in [4.69, 9.17) is 4.74 Å². The Hall–Kier alpha value is -3.53. The van der Waals surface area contributed by atoms with Crippen molar-refractivity contribution < 1.29 is 22.3 Å². The molecule has 0 aliphatic carbocycles. The Labute approximate surface area is 191 Å². The van der Waals surface area contributed by atoms with Crippen molar-refractivity contribution in [2.45, 2.75) is 31.1 Å². The van der Waals surface area contributed by atoms with Crippen molar-refractivity contribution in [1.82, 2.24) is 14.3 Å². The molecule has 0 aliphatic rings. The van der Waals surface area contributed by atoms with E-state index in [-0.39, 0.29) is 22.8 Å².